The zero-order chi connectivity index (χ0) is 6.28. The summed E-state index contributed by atoms with van der Waals surface area (Å²) in [5, 5.41) is 0.000000000000000222. The fourth-order valence-corrected chi connectivity index (χ4v) is 0. The molecule has 0 aromatic heterocycles. The minimum Gasteiger partial charge on any atom is -0.377 e. The topological polar surface area (TPSA) is 52.0 Å². The molecular formula is C3H10N2S2. The Balaban J connectivity index is 0. The first-order valence-electron chi connectivity index (χ1n) is 1.80. The molecule has 0 radical (unpaired) electrons. The smallest absolute Gasteiger partial charge is 0.160 e. The lowest BCUT2D eigenvalue weighted by molar-refractivity contribution is 1.54. The molecule has 0 aromatic carbocycles. The number of thiocarbonyl (C=S) groups is 1. The van der Waals surface area contributed by atoms with E-state index in [1.807, 2.05) is 6.92 Å². The zero-order valence-electron chi connectivity index (χ0n) is 4.22. The Labute approximate surface area is 54.7 Å². The van der Waals surface area contributed by atoms with Gasteiger partial charge in [-0.25, -0.2) is 0 Å². The van der Waals surface area contributed by atoms with Crippen LogP contribution in [0.5, 0.6) is 0 Å². The van der Waals surface area contributed by atoms with Gasteiger partial charge in [0, 0.05) is 0 Å². The average Bonchev–Trinajstić information content (AvgIpc) is 1.33. The zero-order valence-corrected chi connectivity index (χ0v) is 5.93. The van der Waals surface area contributed by atoms with Crippen molar-refractivity contribution in [2.75, 3.05) is 5.75 Å². The van der Waals surface area contributed by atoms with Crippen LogP contribution in [-0.2, 0) is 0 Å². The second kappa shape index (κ2) is 9.40. The normalized spacial score (nSPS) is 6.00. The molecular weight excluding hydrogens is 128 g/mol. The first-order chi connectivity index (χ1) is 3.15. The quantitative estimate of drug-likeness (QED) is 0.329. The highest BCUT2D eigenvalue weighted by Crippen LogP contribution is 1.58. The van der Waals surface area contributed by atoms with Gasteiger partial charge in [0.1, 0.15) is 0 Å². The summed E-state index contributed by atoms with van der Waals surface area (Å²) in [7, 11) is 0. The van der Waals surface area contributed by atoms with Crippen LogP contribution in [0.4, 0.5) is 0 Å². The Morgan fingerprint density at radius 1 is 1.71 bits per heavy atom. The van der Waals surface area contributed by atoms with Gasteiger partial charge < -0.3 is 11.5 Å². The third kappa shape index (κ3) is 61600. The summed E-state index contributed by atoms with van der Waals surface area (Å²) in [6.45, 7) is 1.99. The monoisotopic (exact) mass is 138 g/mol. The summed E-state index contributed by atoms with van der Waals surface area (Å²) >= 11 is 7.88. The van der Waals surface area contributed by atoms with Crippen LogP contribution in [0.1, 0.15) is 6.92 Å². The van der Waals surface area contributed by atoms with Gasteiger partial charge in [-0.1, -0.05) is 6.92 Å². The molecule has 44 valence electrons. The summed E-state index contributed by atoms with van der Waals surface area (Å²) < 4.78 is 0. The lowest BCUT2D eigenvalue weighted by Gasteiger charge is -1.68. The molecule has 4 N–H and O–H groups in total. The van der Waals surface area contributed by atoms with Crippen molar-refractivity contribution in [3.8, 4) is 0 Å². The van der Waals surface area contributed by atoms with E-state index in [1.165, 1.54) is 0 Å². The van der Waals surface area contributed by atoms with Crippen LogP contribution in [0.2, 0.25) is 0 Å². The van der Waals surface area contributed by atoms with Gasteiger partial charge in [-0.3, -0.25) is 0 Å². The number of hydrogen-bond donors (Lipinski definition) is 3. The van der Waals surface area contributed by atoms with Gasteiger partial charge in [-0.15, -0.1) is 0 Å². The first-order valence-corrected chi connectivity index (χ1v) is 2.85. The minimum absolute atomic E-state index is 0.000000000000000222. The van der Waals surface area contributed by atoms with Gasteiger partial charge >= 0.3 is 0 Å². The number of nitrogens with two attached hydrogens (primary N) is 2. The molecule has 0 aromatic rings. The van der Waals surface area contributed by atoms with Gasteiger partial charge in [0.25, 0.3) is 0 Å². The molecule has 2 nitrogen and oxygen atoms in total. The van der Waals surface area contributed by atoms with E-state index in [1.54, 1.807) is 0 Å². The van der Waals surface area contributed by atoms with Crippen LogP contribution in [0.3, 0.4) is 0 Å². The molecule has 0 atom stereocenters. The van der Waals surface area contributed by atoms with Gasteiger partial charge in [0.15, 0.2) is 5.11 Å². The molecule has 0 aliphatic rings. The predicted octanol–water partition coefficient (Wildman–Crippen LogP) is 0.125. The summed E-state index contributed by atoms with van der Waals surface area (Å²) in [5.74, 6) is 0.944. The van der Waals surface area contributed by atoms with Crippen molar-refractivity contribution in [3.05, 3.63) is 0 Å². The lowest BCUT2D eigenvalue weighted by Crippen LogP contribution is -2.18. The average molecular weight is 138 g/mol. The Morgan fingerprint density at radius 2 is 1.71 bits per heavy atom. The molecule has 0 aliphatic heterocycles. The van der Waals surface area contributed by atoms with E-state index < -0.39 is 0 Å². The fourth-order valence-electron chi connectivity index (χ4n) is 0. The lowest BCUT2D eigenvalue weighted by atomic mass is 11.0. The standard InChI is InChI=1S/C2H6S.CH4N2S/c1-2-3;2-1(3)4/h3H,2H2,1H3;(H4,2,3,4). The Bertz CT molecular complexity index is 42.2. The van der Waals surface area contributed by atoms with Crippen molar-refractivity contribution in [1.82, 2.24) is 0 Å². The van der Waals surface area contributed by atoms with E-state index in [4.69, 9.17) is 0 Å². The Kier molecular flexibility index (Phi) is 13.6. The van der Waals surface area contributed by atoms with E-state index in [2.05, 4.69) is 36.3 Å². The highest BCUT2D eigenvalue weighted by molar-refractivity contribution is 7.80. The van der Waals surface area contributed by atoms with Crippen molar-refractivity contribution in [2.45, 2.75) is 6.92 Å². The van der Waals surface area contributed by atoms with Crippen molar-refractivity contribution in [3.63, 3.8) is 0 Å². The molecule has 0 rings (SSSR count). The highest BCUT2D eigenvalue weighted by atomic mass is 32.1. The maximum atomic E-state index is 4.62. The number of thiol groups is 1. The summed E-state index contributed by atoms with van der Waals surface area (Å²) in [4.78, 5) is 0. The molecule has 0 aliphatic carbocycles. The van der Waals surface area contributed by atoms with Crippen molar-refractivity contribution < 1.29 is 0 Å². The van der Waals surface area contributed by atoms with Crippen LogP contribution in [0, 0.1) is 0 Å². The summed E-state index contributed by atoms with van der Waals surface area (Å²) in [6, 6.07) is 0. The minimum atomic E-state index is 0.000000000000000222. The first kappa shape index (κ1) is 10.1. The molecule has 0 saturated heterocycles. The molecule has 7 heavy (non-hydrogen) atoms. The van der Waals surface area contributed by atoms with E-state index >= 15 is 0 Å². The second-order valence-corrected chi connectivity index (χ2v) is 1.82. The van der Waals surface area contributed by atoms with Crippen LogP contribution in [0.15, 0.2) is 0 Å². The molecule has 0 saturated carbocycles. The fraction of sp³-hybridized carbons (Fsp3) is 0.667. The van der Waals surface area contributed by atoms with E-state index in [0.29, 0.717) is 0 Å². The summed E-state index contributed by atoms with van der Waals surface area (Å²) in [5.41, 5.74) is 9.24. The maximum absolute atomic E-state index is 4.62. The Hall–Kier alpha value is 0.0400. The van der Waals surface area contributed by atoms with Crippen LogP contribution >= 0.6 is 24.8 Å². The van der Waals surface area contributed by atoms with Gasteiger partial charge in [-0.2, -0.15) is 12.6 Å². The van der Waals surface area contributed by atoms with Crippen molar-refractivity contribution in [1.29, 1.82) is 0 Å². The third-order valence-electron chi connectivity index (χ3n) is 0. The Morgan fingerprint density at radius 3 is 1.71 bits per heavy atom. The molecule has 0 heterocycles. The molecule has 0 unspecified atom stereocenters. The molecule has 0 fully saturated rings. The number of hydrogen-bond acceptors (Lipinski definition) is 2. The van der Waals surface area contributed by atoms with E-state index in [9.17, 15) is 0 Å². The molecule has 0 bridgehead atoms. The molecule has 0 amide bonds. The molecule has 4 heteroatoms. The van der Waals surface area contributed by atoms with Crippen LogP contribution < -0.4 is 11.5 Å². The van der Waals surface area contributed by atoms with Gasteiger partial charge in [0.2, 0.25) is 0 Å². The van der Waals surface area contributed by atoms with Gasteiger partial charge in [-0.05, 0) is 18.0 Å². The summed E-state index contributed by atoms with van der Waals surface area (Å²) in [6.07, 6.45) is 0. The second-order valence-electron chi connectivity index (χ2n) is 0.719. The predicted molar refractivity (Wildman–Crippen MR) is 40.5 cm³/mol. The SMILES string of the molecule is CCS.NC(N)=S. The number of rotatable bonds is 0. The van der Waals surface area contributed by atoms with Crippen molar-refractivity contribution in [2.24, 2.45) is 11.5 Å². The highest BCUT2D eigenvalue weighted by Gasteiger charge is 1.53. The maximum Gasteiger partial charge on any atom is 0.160 e. The van der Waals surface area contributed by atoms with Crippen LogP contribution in [-0.4, -0.2) is 10.9 Å². The van der Waals surface area contributed by atoms with E-state index in [0.717, 1.165) is 5.75 Å². The van der Waals surface area contributed by atoms with E-state index in [-0.39, 0.29) is 5.11 Å². The third-order valence-corrected chi connectivity index (χ3v) is 0. The largest absolute Gasteiger partial charge is 0.377 e. The van der Waals surface area contributed by atoms with Crippen LogP contribution in [0.25, 0.3) is 0 Å². The van der Waals surface area contributed by atoms with Crippen molar-refractivity contribution >= 4 is 30.0 Å². The van der Waals surface area contributed by atoms with Gasteiger partial charge in [0.05, 0.1) is 0 Å². The molecule has 0 spiro atoms.